The molecule has 3 rings (SSSR count). The van der Waals surface area contributed by atoms with Gasteiger partial charge in [-0.3, -0.25) is 29.4 Å². The molecule has 7 heteroatoms. The van der Waals surface area contributed by atoms with E-state index in [0.717, 1.165) is 40.6 Å². The molecule has 1 aromatic carbocycles. The monoisotopic (exact) mass is 454 g/mol. The minimum absolute atomic E-state index is 0.132. The van der Waals surface area contributed by atoms with E-state index in [1.54, 1.807) is 12.1 Å². The maximum absolute atomic E-state index is 12.9. The van der Waals surface area contributed by atoms with Gasteiger partial charge in [-0.25, -0.2) is 0 Å². The summed E-state index contributed by atoms with van der Waals surface area (Å²) < 4.78 is 1.10. The second kappa shape index (κ2) is 7.63. The molecule has 1 atom stereocenters. The maximum atomic E-state index is 12.9. The van der Waals surface area contributed by atoms with E-state index < -0.39 is 23.8 Å². The Morgan fingerprint density at radius 3 is 2.60 bits per heavy atom. The number of halogens is 1. The smallest absolute Gasteiger partial charge is 0.262 e. The van der Waals surface area contributed by atoms with E-state index in [0.29, 0.717) is 11.1 Å². The van der Waals surface area contributed by atoms with Gasteiger partial charge in [-0.15, -0.1) is 0 Å². The van der Waals surface area contributed by atoms with Crippen LogP contribution in [0.4, 0.5) is 0 Å². The van der Waals surface area contributed by atoms with E-state index in [2.05, 4.69) is 27.9 Å². The molecule has 2 heterocycles. The molecule has 0 radical (unpaired) electrons. The molecular weight excluding hydrogens is 435 g/mol. The molecule has 0 bridgehead atoms. The summed E-state index contributed by atoms with van der Waals surface area (Å²) in [6.45, 7) is 0. The van der Waals surface area contributed by atoms with Gasteiger partial charge in [-0.05, 0) is 41.7 Å². The fourth-order valence-electron chi connectivity index (χ4n) is 3.38. The number of carbonyl (C=O) groups is 4. The lowest BCUT2D eigenvalue weighted by molar-refractivity contribution is -0.136. The number of rotatable bonds is 6. The molecule has 0 saturated carbocycles. The molecule has 25 heavy (non-hydrogen) atoms. The number of fused-ring (bicyclic) bond motifs is 1. The summed E-state index contributed by atoms with van der Waals surface area (Å²) >= 11 is 2.34. The van der Waals surface area contributed by atoms with Crippen molar-refractivity contribution < 1.29 is 19.2 Å². The fourth-order valence-corrected chi connectivity index (χ4v) is 3.92. The zero-order valence-electron chi connectivity index (χ0n) is 13.7. The van der Waals surface area contributed by atoms with Crippen LogP contribution in [-0.4, -0.2) is 39.0 Å². The first-order chi connectivity index (χ1) is 12.0. The van der Waals surface area contributed by atoms with Crippen LogP contribution >= 0.6 is 22.6 Å². The Morgan fingerprint density at radius 2 is 1.88 bits per heavy atom. The molecule has 132 valence electrons. The number of alkyl halides is 1. The molecule has 2 aliphatic heterocycles. The molecule has 1 saturated heterocycles. The van der Waals surface area contributed by atoms with Crippen molar-refractivity contribution in [2.45, 2.75) is 44.6 Å². The van der Waals surface area contributed by atoms with Crippen LogP contribution in [0.1, 0.15) is 58.4 Å². The number of aryl methyl sites for hydroxylation is 1. The lowest BCUT2D eigenvalue weighted by atomic mass is 9.98. The Balaban J connectivity index is 1.84. The van der Waals surface area contributed by atoms with Crippen LogP contribution in [0.2, 0.25) is 0 Å². The number of benzene rings is 1. The molecule has 0 aliphatic carbocycles. The van der Waals surface area contributed by atoms with Gasteiger partial charge in [0.1, 0.15) is 6.04 Å². The third kappa shape index (κ3) is 3.47. The highest BCUT2D eigenvalue weighted by atomic mass is 127. The lowest BCUT2D eigenvalue weighted by Crippen LogP contribution is -2.54. The summed E-state index contributed by atoms with van der Waals surface area (Å²) in [6, 6.07) is 4.39. The summed E-state index contributed by atoms with van der Waals surface area (Å²) in [4.78, 5) is 50.0. The molecule has 4 amide bonds. The first-order valence-electron chi connectivity index (χ1n) is 8.44. The summed E-state index contributed by atoms with van der Waals surface area (Å²) in [5.74, 6) is -1.80. The number of imide groups is 2. The van der Waals surface area contributed by atoms with Crippen molar-refractivity contribution in [3.8, 4) is 0 Å². The van der Waals surface area contributed by atoms with E-state index in [1.165, 1.54) is 0 Å². The van der Waals surface area contributed by atoms with Crippen LogP contribution in [-0.2, 0) is 16.0 Å². The van der Waals surface area contributed by atoms with Gasteiger partial charge in [-0.2, -0.15) is 0 Å². The fraction of sp³-hybridized carbons (Fsp3) is 0.444. The van der Waals surface area contributed by atoms with Crippen LogP contribution < -0.4 is 5.32 Å². The third-order valence-corrected chi connectivity index (χ3v) is 5.40. The number of amides is 4. The number of nitrogens with zero attached hydrogens (tertiary/aromatic N) is 1. The van der Waals surface area contributed by atoms with Crippen LogP contribution in [0.15, 0.2) is 18.2 Å². The summed E-state index contributed by atoms with van der Waals surface area (Å²) in [5.41, 5.74) is 1.65. The number of piperidine rings is 1. The second-order valence-corrected chi connectivity index (χ2v) is 7.37. The van der Waals surface area contributed by atoms with Crippen molar-refractivity contribution in [1.82, 2.24) is 10.2 Å². The predicted molar refractivity (Wildman–Crippen MR) is 99.6 cm³/mol. The Kier molecular flexibility index (Phi) is 5.51. The summed E-state index contributed by atoms with van der Waals surface area (Å²) in [5, 5.41) is 2.21. The molecule has 0 aromatic heterocycles. The quantitative estimate of drug-likeness (QED) is 0.309. The van der Waals surface area contributed by atoms with Crippen molar-refractivity contribution in [3.63, 3.8) is 0 Å². The zero-order valence-corrected chi connectivity index (χ0v) is 15.9. The predicted octanol–water partition coefficient (Wildman–Crippen LogP) is 2.24. The second-order valence-electron chi connectivity index (χ2n) is 6.29. The Bertz CT molecular complexity index is 747. The van der Waals surface area contributed by atoms with E-state index in [9.17, 15) is 19.2 Å². The number of carbonyl (C=O) groups excluding carboxylic acids is 4. The van der Waals surface area contributed by atoms with Gasteiger partial charge in [0.05, 0.1) is 11.1 Å². The average Bonchev–Trinajstić information content (AvgIpc) is 2.84. The van der Waals surface area contributed by atoms with Crippen LogP contribution in [0, 0.1) is 0 Å². The Morgan fingerprint density at radius 1 is 1.08 bits per heavy atom. The van der Waals surface area contributed by atoms with Gasteiger partial charge in [0.15, 0.2) is 0 Å². The first kappa shape index (κ1) is 18.0. The molecule has 0 spiro atoms. The highest BCUT2D eigenvalue weighted by Gasteiger charge is 2.45. The van der Waals surface area contributed by atoms with Gasteiger partial charge < -0.3 is 0 Å². The largest absolute Gasteiger partial charge is 0.295 e. The average molecular weight is 454 g/mol. The molecule has 1 N–H and O–H groups in total. The molecule has 1 fully saturated rings. The standard InChI is InChI=1S/C18H19IN2O4/c19-10-3-1-2-5-11-6-4-7-12-15(11)18(25)21(17(12)24)13-8-9-14(22)20-16(13)23/h4,6-7,13H,1-3,5,8-10H2,(H,20,22,23). The van der Waals surface area contributed by atoms with E-state index in [4.69, 9.17) is 0 Å². The van der Waals surface area contributed by atoms with Gasteiger partial charge in [0.25, 0.3) is 11.8 Å². The van der Waals surface area contributed by atoms with Crippen LogP contribution in [0.5, 0.6) is 0 Å². The third-order valence-electron chi connectivity index (χ3n) is 4.63. The number of nitrogens with one attached hydrogen (secondary N) is 1. The van der Waals surface area contributed by atoms with Crippen molar-refractivity contribution in [2.24, 2.45) is 0 Å². The van der Waals surface area contributed by atoms with E-state index in [-0.39, 0.29) is 18.7 Å². The summed E-state index contributed by atoms with van der Waals surface area (Å²) in [7, 11) is 0. The number of unbranched alkanes of at least 4 members (excludes halogenated alkanes) is 2. The van der Waals surface area contributed by atoms with Crippen LogP contribution in [0.3, 0.4) is 0 Å². The Hall–Kier alpha value is -1.77. The SMILES string of the molecule is O=C1CCC(N2C(=O)c3cccc(CCCCCI)c3C2=O)C(=O)N1. The van der Waals surface area contributed by atoms with Crippen molar-refractivity contribution in [3.05, 3.63) is 34.9 Å². The maximum Gasteiger partial charge on any atom is 0.262 e. The minimum atomic E-state index is -0.906. The molecule has 6 nitrogen and oxygen atoms in total. The molecule has 1 unspecified atom stereocenters. The van der Waals surface area contributed by atoms with Crippen molar-refractivity contribution in [1.29, 1.82) is 0 Å². The molecular formula is C18H19IN2O4. The first-order valence-corrected chi connectivity index (χ1v) is 9.96. The molecule has 1 aromatic rings. The van der Waals surface area contributed by atoms with Gasteiger partial charge in [-0.1, -0.05) is 41.1 Å². The Labute approximate surface area is 159 Å². The highest BCUT2D eigenvalue weighted by molar-refractivity contribution is 14.1. The highest BCUT2D eigenvalue weighted by Crippen LogP contribution is 2.30. The van der Waals surface area contributed by atoms with Gasteiger partial charge >= 0.3 is 0 Å². The van der Waals surface area contributed by atoms with E-state index >= 15 is 0 Å². The number of hydrogen-bond acceptors (Lipinski definition) is 4. The lowest BCUT2D eigenvalue weighted by Gasteiger charge is -2.27. The van der Waals surface area contributed by atoms with Crippen molar-refractivity contribution >= 4 is 46.2 Å². The van der Waals surface area contributed by atoms with Crippen LogP contribution in [0.25, 0.3) is 0 Å². The minimum Gasteiger partial charge on any atom is -0.295 e. The summed E-state index contributed by atoms with van der Waals surface area (Å²) in [6.07, 6.45) is 4.21. The molecule has 2 aliphatic rings. The number of hydrogen-bond donors (Lipinski definition) is 1. The van der Waals surface area contributed by atoms with Crippen molar-refractivity contribution in [2.75, 3.05) is 4.43 Å². The zero-order chi connectivity index (χ0) is 18.0. The van der Waals surface area contributed by atoms with Gasteiger partial charge in [0, 0.05) is 6.42 Å². The van der Waals surface area contributed by atoms with Gasteiger partial charge in [0.2, 0.25) is 11.8 Å². The normalized spacial score (nSPS) is 20.0. The topological polar surface area (TPSA) is 83.6 Å². The van der Waals surface area contributed by atoms with E-state index in [1.807, 2.05) is 6.07 Å².